The Kier molecular flexibility index (Phi) is 3.43. The normalized spacial score (nSPS) is 13.8. The molecule has 1 N–H and O–H groups in total. The Morgan fingerprint density at radius 3 is 2.00 bits per heavy atom. The lowest BCUT2D eigenvalue weighted by Crippen LogP contribution is -2.26. The van der Waals surface area contributed by atoms with Gasteiger partial charge in [0.05, 0.1) is 6.26 Å². The van der Waals surface area contributed by atoms with Gasteiger partial charge in [-0.25, -0.2) is 0 Å². The molecule has 4 aromatic carbocycles. The SMILES string of the molecule is C=COc1ccc2cc(C3(O)c4ccccc4-c4ccccc43)ccc2c1. The van der Waals surface area contributed by atoms with Crippen molar-refractivity contribution in [1.82, 2.24) is 0 Å². The Morgan fingerprint density at radius 2 is 1.33 bits per heavy atom. The lowest BCUT2D eigenvalue weighted by atomic mass is 9.83. The first-order valence-corrected chi connectivity index (χ1v) is 8.95. The quantitative estimate of drug-likeness (QED) is 0.486. The average molecular weight is 350 g/mol. The van der Waals surface area contributed by atoms with Crippen molar-refractivity contribution >= 4 is 10.8 Å². The summed E-state index contributed by atoms with van der Waals surface area (Å²) in [5, 5.41) is 14.0. The third-order valence-electron chi connectivity index (χ3n) is 5.37. The van der Waals surface area contributed by atoms with Crippen LogP contribution in [0.15, 0.2) is 97.8 Å². The predicted molar refractivity (Wildman–Crippen MR) is 109 cm³/mol. The summed E-state index contributed by atoms with van der Waals surface area (Å²) in [6, 6.07) is 28.2. The Hall–Kier alpha value is -3.36. The number of benzene rings is 4. The summed E-state index contributed by atoms with van der Waals surface area (Å²) < 4.78 is 5.37. The van der Waals surface area contributed by atoms with Crippen molar-refractivity contribution < 1.29 is 9.84 Å². The average Bonchev–Trinajstić information content (AvgIpc) is 2.98. The number of aliphatic hydroxyl groups is 1. The minimum Gasteiger partial charge on any atom is -0.466 e. The van der Waals surface area contributed by atoms with Crippen molar-refractivity contribution in [3.05, 3.63) is 114 Å². The van der Waals surface area contributed by atoms with Gasteiger partial charge in [0.15, 0.2) is 0 Å². The van der Waals surface area contributed by atoms with Gasteiger partial charge in [-0.15, -0.1) is 0 Å². The highest BCUT2D eigenvalue weighted by Gasteiger charge is 2.42. The lowest BCUT2D eigenvalue weighted by molar-refractivity contribution is 0.131. The minimum absolute atomic E-state index is 0.750. The number of ether oxygens (including phenoxy) is 1. The number of fused-ring (bicyclic) bond motifs is 4. The zero-order valence-electron chi connectivity index (χ0n) is 14.7. The van der Waals surface area contributed by atoms with Crippen molar-refractivity contribution in [2.45, 2.75) is 5.60 Å². The van der Waals surface area contributed by atoms with Crippen molar-refractivity contribution in [2.75, 3.05) is 0 Å². The first-order chi connectivity index (χ1) is 13.2. The molecule has 0 heterocycles. The van der Waals surface area contributed by atoms with E-state index < -0.39 is 5.60 Å². The van der Waals surface area contributed by atoms with Gasteiger partial charge in [-0.05, 0) is 45.7 Å². The minimum atomic E-state index is -1.16. The predicted octanol–water partition coefficient (Wildman–Crippen LogP) is 5.63. The molecule has 0 aromatic heterocycles. The maximum Gasteiger partial charge on any atom is 0.141 e. The van der Waals surface area contributed by atoms with Crippen LogP contribution in [0.1, 0.15) is 16.7 Å². The second kappa shape index (κ2) is 5.83. The molecule has 1 aliphatic rings. The third-order valence-corrected chi connectivity index (χ3v) is 5.37. The van der Waals surface area contributed by atoms with Crippen LogP contribution in [-0.4, -0.2) is 5.11 Å². The van der Waals surface area contributed by atoms with Crippen molar-refractivity contribution in [2.24, 2.45) is 0 Å². The molecule has 130 valence electrons. The van der Waals surface area contributed by atoms with E-state index in [1.165, 1.54) is 6.26 Å². The van der Waals surface area contributed by atoms with Gasteiger partial charge in [-0.3, -0.25) is 0 Å². The molecule has 1 aliphatic carbocycles. The first kappa shape index (κ1) is 15.9. The van der Waals surface area contributed by atoms with Gasteiger partial charge < -0.3 is 9.84 Å². The molecular weight excluding hydrogens is 332 g/mol. The molecular formula is C25H18O2. The Morgan fingerprint density at radius 1 is 0.741 bits per heavy atom. The molecule has 0 unspecified atom stereocenters. The van der Waals surface area contributed by atoms with Gasteiger partial charge in [0.25, 0.3) is 0 Å². The van der Waals surface area contributed by atoms with Crippen LogP contribution in [0, 0.1) is 0 Å². The lowest BCUT2D eigenvalue weighted by Gasteiger charge is -2.27. The summed E-state index contributed by atoms with van der Waals surface area (Å²) >= 11 is 0. The fraction of sp³-hybridized carbons (Fsp3) is 0.0400. The van der Waals surface area contributed by atoms with E-state index in [-0.39, 0.29) is 0 Å². The third kappa shape index (κ3) is 2.24. The van der Waals surface area contributed by atoms with Crippen LogP contribution in [0.25, 0.3) is 21.9 Å². The van der Waals surface area contributed by atoms with E-state index in [1.807, 2.05) is 66.7 Å². The molecule has 0 spiro atoms. The molecule has 0 bridgehead atoms. The standard InChI is InChI=1S/C25H18O2/c1-2-27-20-14-12-17-15-19(13-11-18(17)16-20)25(26)23-9-5-3-7-21(23)22-8-4-6-10-24(22)25/h2-16,26H,1H2. The highest BCUT2D eigenvalue weighted by molar-refractivity contribution is 5.87. The van der Waals surface area contributed by atoms with E-state index in [4.69, 9.17) is 4.74 Å². The maximum absolute atomic E-state index is 11.9. The number of rotatable bonds is 3. The molecule has 2 heteroatoms. The van der Waals surface area contributed by atoms with E-state index in [2.05, 4.69) is 24.8 Å². The number of hydrogen-bond donors (Lipinski definition) is 1. The van der Waals surface area contributed by atoms with Crippen LogP contribution in [-0.2, 0) is 5.60 Å². The largest absolute Gasteiger partial charge is 0.466 e. The van der Waals surface area contributed by atoms with Crippen molar-refractivity contribution in [1.29, 1.82) is 0 Å². The molecule has 0 atom stereocenters. The molecule has 2 nitrogen and oxygen atoms in total. The summed E-state index contributed by atoms with van der Waals surface area (Å²) in [5.74, 6) is 0.750. The Labute approximate surface area is 158 Å². The van der Waals surface area contributed by atoms with Crippen LogP contribution in [0.3, 0.4) is 0 Å². The van der Waals surface area contributed by atoms with Gasteiger partial charge in [0, 0.05) is 11.1 Å². The van der Waals surface area contributed by atoms with E-state index in [0.717, 1.165) is 44.3 Å². The topological polar surface area (TPSA) is 29.5 Å². The van der Waals surface area contributed by atoms with E-state index >= 15 is 0 Å². The van der Waals surface area contributed by atoms with Crippen LogP contribution in [0.2, 0.25) is 0 Å². The summed E-state index contributed by atoms with van der Waals surface area (Å²) in [6.07, 6.45) is 1.42. The van der Waals surface area contributed by atoms with Gasteiger partial charge in [0.1, 0.15) is 11.4 Å². The molecule has 5 rings (SSSR count). The molecule has 27 heavy (non-hydrogen) atoms. The molecule has 4 aromatic rings. The summed E-state index contributed by atoms with van der Waals surface area (Å²) in [4.78, 5) is 0. The zero-order chi connectivity index (χ0) is 18.4. The Bertz CT molecular complexity index is 1140. The van der Waals surface area contributed by atoms with Gasteiger partial charge in [-0.2, -0.15) is 0 Å². The highest BCUT2D eigenvalue weighted by Crippen LogP contribution is 2.50. The molecule has 0 fully saturated rings. The fourth-order valence-corrected chi connectivity index (χ4v) is 4.14. The van der Waals surface area contributed by atoms with Crippen LogP contribution < -0.4 is 4.74 Å². The zero-order valence-corrected chi connectivity index (χ0v) is 14.7. The molecule has 0 saturated carbocycles. The van der Waals surface area contributed by atoms with E-state index in [0.29, 0.717) is 0 Å². The second-order valence-electron chi connectivity index (χ2n) is 6.81. The van der Waals surface area contributed by atoms with Gasteiger partial charge >= 0.3 is 0 Å². The molecule has 0 saturated heterocycles. The van der Waals surface area contributed by atoms with Crippen molar-refractivity contribution in [3.8, 4) is 16.9 Å². The fourth-order valence-electron chi connectivity index (χ4n) is 4.14. The molecule has 0 radical (unpaired) electrons. The number of hydrogen-bond acceptors (Lipinski definition) is 2. The Balaban J connectivity index is 1.74. The van der Waals surface area contributed by atoms with E-state index in [9.17, 15) is 5.11 Å². The van der Waals surface area contributed by atoms with Crippen molar-refractivity contribution in [3.63, 3.8) is 0 Å². The van der Waals surface area contributed by atoms with E-state index in [1.54, 1.807) is 0 Å². The van der Waals surface area contributed by atoms with Crippen LogP contribution >= 0.6 is 0 Å². The first-order valence-electron chi connectivity index (χ1n) is 8.95. The summed E-state index contributed by atoms with van der Waals surface area (Å²) in [6.45, 7) is 3.60. The van der Waals surface area contributed by atoms with Crippen LogP contribution in [0.4, 0.5) is 0 Å². The summed E-state index contributed by atoms with van der Waals surface area (Å²) in [5.41, 5.74) is 3.74. The maximum atomic E-state index is 11.9. The smallest absolute Gasteiger partial charge is 0.141 e. The highest BCUT2D eigenvalue weighted by atomic mass is 16.5. The summed E-state index contributed by atoms with van der Waals surface area (Å²) in [7, 11) is 0. The second-order valence-corrected chi connectivity index (χ2v) is 6.81. The molecule has 0 amide bonds. The van der Waals surface area contributed by atoms with Gasteiger partial charge in [0.2, 0.25) is 0 Å². The molecule has 0 aliphatic heterocycles. The van der Waals surface area contributed by atoms with Crippen LogP contribution in [0.5, 0.6) is 5.75 Å². The monoisotopic (exact) mass is 350 g/mol. The van der Waals surface area contributed by atoms with Gasteiger partial charge in [-0.1, -0.05) is 73.3 Å².